The van der Waals surface area contributed by atoms with E-state index in [0.29, 0.717) is 11.9 Å². The van der Waals surface area contributed by atoms with E-state index in [-0.39, 0.29) is 43.7 Å². The predicted octanol–water partition coefficient (Wildman–Crippen LogP) is 2.63. The Kier molecular flexibility index (Phi) is 18.0. The number of methoxy groups -OCH3 is 2. The first-order chi connectivity index (χ1) is 30.8. The van der Waals surface area contributed by atoms with Crippen LogP contribution < -0.4 is 10.8 Å². The number of nitrogens with one attached hydrogen (secondary N) is 1. The highest BCUT2D eigenvalue weighted by Gasteiger charge is 2.55. The number of alkyl carbamates (subject to hydrolysis) is 1. The molecule has 3 fully saturated rings. The monoisotopic (exact) mass is 937 g/mol. The molecule has 0 unspecified atom stereocenters. The van der Waals surface area contributed by atoms with E-state index >= 15 is 0 Å². The standard InChI is InChI=1S/C47H77BN2O16/c1-15-34-47(10,56)39(53)26(4)36(51)24(2)21-45(8,58-13)40(64-43-37(52)32(50(11)12)20-25(3)60-43)27(5)38(28(6)42(54)62-34)63-35-22-46(9,59-14)41(29(7)61-35)65-44(55)49-23-33-30-18-16-17-19-31(30)48(57)66-33/h16-19,24-29,32-35,37-41,43,52-53,56-57H,15,20-23H2,1-14H3,(H,49,55)/t24-,25-,26+,27+,28-,29+,32+,33-,34-,35+,37-,38+,39-,40-,41+,43+,45-,46-,47-/m1/s1. The Morgan fingerprint density at radius 2 is 1.56 bits per heavy atom. The number of amides is 1. The Morgan fingerprint density at radius 3 is 2.18 bits per heavy atom. The van der Waals surface area contributed by atoms with Crippen LogP contribution in [0.2, 0.25) is 0 Å². The number of likely N-dealkylation sites (N-methyl/N-ethyl adjacent to an activating group) is 1. The highest BCUT2D eigenvalue weighted by molar-refractivity contribution is 6.61. The fraction of sp³-hybridized carbons (Fsp3) is 0.809. The molecule has 4 aliphatic heterocycles. The zero-order chi connectivity index (χ0) is 49.2. The number of ether oxygens (including phenoxy) is 8. The summed E-state index contributed by atoms with van der Waals surface area (Å²) in [6.07, 6.45) is -11.0. The molecular formula is C47H77BN2O16. The lowest BCUT2D eigenvalue weighted by molar-refractivity contribution is -0.319. The van der Waals surface area contributed by atoms with Crippen LogP contribution in [-0.4, -0.2) is 169 Å². The van der Waals surface area contributed by atoms with Crippen LogP contribution in [0.4, 0.5) is 4.79 Å². The van der Waals surface area contributed by atoms with Gasteiger partial charge in [0.25, 0.3) is 0 Å². The molecule has 0 saturated carbocycles. The molecule has 4 heterocycles. The summed E-state index contributed by atoms with van der Waals surface area (Å²) in [5.41, 5.74) is -3.15. The van der Waals surface area contributed by atoms with Crippen molar-refractivity contribution in [3.63, 3.8) is 0 Å². The van der Waals surface area contributed by atoms with Crippen LogP contribution in [0.25, 0.3) is 0 Å². The van der Waals surface area contributed by atoms with Gasteiger partial charge < -0.3 is 73.1 Å². The third kappa shape index (κ3) is 11.5. The molecule has 18 nitrogen and oxygen atoms in total. The molecule has 1 aromatic carbocycles. The molecule has 0 spiro atoms. The number of nitrogens with zero attached hydrogens (tertiary/aromatic N) is 1. The summed E-state index contributed by atoms with van der Waals surface area (Å²) in [4.78, 5) is 43.9. The molecule has 1 aromatic rings. The lowest BCUT2D eigenvalue weighted by Gasteiger charge is -2.50. The number of esters is 1. The maximum Gasteiger partial charge on any atom is 0.492 e. The van der Waals surface area contributed by atoms with Crippen LogP contribution in [0, 0.1) is 23.7 Å². The lowest BCUT2D eigenvalue weighted by Crippen LogP contribution is -2.62. The van der Waals surface area contributed by atoms with Crippen molar-refractivity contribution in [1.29, 1.82) is 0 Å². The Balaban J connectivity index is 1.49. The first-order valence-corrected chi connectivity index (χ1v) is 23.4. The third-order valence-electron chi connectivity index (χ3n) is 14.8. The minimum atomic E-state index is -2.02. The first-order valence-electron chi connectivity index (χ1n) is 23.4. The number of carbonyl (C=O) groups is 3. The average Bonchev–Trinajstić information content (AvgIpc) is 3.60. The van der Waals surface area contributed by atoms with Gasteiger partial charge in [0.2, 0.25) is 0 Å². The predicted molar refractivity (Wildman–Crippen MR) is 241 cm³/mol. The summed E-state index contributed by atoms with van der Waals surface area (Å²) >= 11 is 0. The second kappa shape index (κ2) is 21.9. The van der Waals surface area contributed by atoms with Crippen molar-refractivity contribution in [3.05, 3.63) is 29.8 Å². The Bertz CT molecular complexity index is 1810. The number of carbonyl (C=O) groups excluding carboxylic acids is 3. The summed E-state index contributed by atoms with van der Waals surface area (Å²) in [6.45, 7) is 16.9. The molecule has 19 heteroatoms. The molecule has 0 bridgehead atoms. The van der Waals surface area contributed by atoms with E-state index in [4.69, 9.17) is 42.5 Å². The van der Waals surface area contributed by atoms with Crippen LogP contribution >= 0.6 is 0 Å². The molecule has 1 amide bonds. The second-order valence-corrected chi connectivity index (χ2v) is 20.0. The Morgan fingerprint density at radius 1 is 0.924 bits per heavy atom. The lowest BCUT2D eigenvalue weighted by atomic mass is 9.74. The summed E-state index contributed by atoms with van der Waals surface area (Å²) in [5.74, 6) is -4.80. The van der Waals surface area contributed by atoms with Crippen LogP contribution in [0.3, 0.4) is 0 Å². The molecule has 66 heavy (non-hydrogen) atoms. The SMILES string of the molecule is CC[C@H]1OC(=O)[C@H](C)[C@@H](O[C@H]2C[C@@](C)(OC)[C@@H](OC(=O)NC[C@H]3OB(O)c4ccccc43)[C@H](C)O2)[C@H](C)[C@@H](O[C@@H]2O[C@H](C)C[C@H](N(C)C)[C@H]2O)[C@](C)(OC)C[C@@H](C)C(=O)[C@H](C)[C@@H](O)[C@]1(C)O. The smallest absolute Gasteiger partial charge is 0.459 e. The number of Topliss-reactive ketones (excluding diaryl/α,β-unsaturated/α-hetero) is 1. The van der Waals surface area contributed by atoms with Gasteiger partial charge in [0.15, 0.2) is 18.7 Å². The van der Waals surface area contributed by atoms with Gasteiger partial charge in [-0.05, 0) is 85.9 Å². The number of cyclic esters (lactones) is 1. The quantitative estimate of drug-likeness (QED) is 0.159. The van der Waals surface area contributed by atoms with E-state index in [1.807, 2.05) is 45.0 Å². The minimum Gasteiger partial charge on any atom is -0.459 e. The molecule has 0 radical (unpaired) electrons. The van der Waals surface area contributed by atoms with E-state index in [1.54, 1.807) is 53.7 Å². The number of hydrogen-bond acceptors (Lipinski definition) is 17. The summed E-state index contributed by atoms with van der Waals surface area (Å²) in [5, 5.41) is 48.2. The maximum atomic E-state index is 14.5. The third-order valence-corrected chi connectivity index (χ3v) is 14.8. The van der Waals surface area contributed by atoms with Gasteiger partial charge in [-0.2, -0.15) is 0 Å². The van der Waals surface area contributed by atoms with Crippen LogP contribution in [0.1, 0.15) is 107 Å². The van der Waals surface area contributed by atoms with E-state index in [0.717, 1.165) is 5.56 Å². The topological polar surface area (TPSA) is 230 Å². The molecular weight excluding hydrogens is 859 g/mol. The maximum absolute atomic E-state index is 14.5. The van der Waals surface area contributed by atoms with Crippen molar-refractivity contribution in [2.45, 2.75) is 185 Å². The highest BCUT2D eigenvalue weighted by atomic mass is 16.7. The Hall–Kier alpha value is -2.79. The molecule has 4 aliphatic rings. The van der Waals surface area contributed by atoms with Gasteiger partial charge in [-0.15, -0.1) is 0 Å². The van der Waals surface area contributed by atoms with Gasteiger partial charge in [0, 0.05) is 51.0 Å². The van der Waals surface area contributed by atoms with Crippen LogP contribution in [-0.2, 0) is 52.1 Å². The van der Waals surface area contributed by atoms with Gasteiger partial charge in [-0.3, -0.25) is 9.59 Å². The average molecular weight is 937 g/mol. The number of hydrogen-bond donors (Lipinski definition) is 5. The number of aliphatic hydroxyl groups is 3. The van der Waals surface area contributed by atoms with Crippen molar-refractivity contribution in [1.82, 2.24) is 10.2 Å². The largest absolute Gasteiger partial charge is 0.492 e. The summed E-state index contributed by atoms with van der Waals surface area (Å²) < 4.78 is 56.6. The minimum absolute atomic E-state index is 0.0174. The molecule has 0 aliphatic carbocycles. The van der Waals surface area contributed by atoms with Gasteiger partial charge >= 0.3 is 19.2 Å². The molecule has 19 atom stereocenters. The van der Waals surface area contributed by atoms with Crippen molar-refractivity contribution < 1.29 is 77.3 Å². The summed E-state index contributed by atoms with van der Waals surface area (Å²) in [6, 6.07) is 6.88. The number of benzene rings is 1. The van der Waals surface area contributed by atoms with Crippen LogP contribution in [0.15, 0.2) is 24.3 Å². The van der Waals surface area contributed by atoms with Crippen molar-refractivity contribution in [2.24, 2.45) is 23.7 Å². The normalized spacial score (nSPS) is 42.9. The molecule has 3 saturated heterocycles. The molecule has 5 N–H and O–H groups in total. The fourth-order valence-electron chi connectivity index (χ4n) is 10.6. The number of rotatable bonds is 11. The Labute approximate surface area is 390 Å². The molecule has 5 rings (SSSR count). The van der Waals surface area contributed by atoms with E-state index in [9.17, 15) is 34.7 Å². The van der Waals surface area contributed by atoms with Crippen molar-refractivity contribution >= 4 is 30.4 Å². The van der Waals surface area contributed by atoms with E-state index in [2.05, 4.69) is 5.32 Å². The molecule has 0 aromatic heterocycles. The van der Waals surface area contributed by atoms with Crippen LogP contribution in [0.5, 0.6) is 0 Å². The van der Waals surface area contributed by atoms with E-state index in [1.165, 1.54) is 28.1 Å². The van der Waals surface area contributed by atoms with Crippen molar-refractivity contribution in [3.8, 4) is 0 Å². The molecule has 374 valence electrons. The summed E-state index contributed by atoms with van der Waals surface area (Å²) in [7, 11) is 5.59. The second-order valence-electron chi connectivity index (χ2n) is 20.0. The van der Waals surface area contributed by atoms with Gasteiger partial charge in [0.1, 0.15) is 29.2 Å². The zero-order valence-corrected chi connectivity index (χ0v) is 41.3. The fourth-order valence-corrected chi connectivity index (χ4v) is 10.6. The highest BCUT2D eigenvalue weighted by Crippen LogP contribution is 2.42. The van der Waals surface area contributed by atoms with Gasteiger partial charge in [-0.25, -0.2) is 4.79 Å². The number of ketones is 1. The first kappa shape index (κ1) is 54.2. The number of fused-ring (bicyclic) bond motifs is 1. The van der Waals surface area contributed by atoms with Gasteiger partial charge in [0.05, 0.1) is 48.1 Å². The number of aliphatic hydroxyl groups excluding tert-OH is 2. The van der Waals surface area contributed by atoms with Gasteiger partial charge in [-0.1, -0.05) is 52.0 Å². The zero-order valence-electron chi connectivity index (χ0n) is 41.3. The van der Waals surface area contributed by atoms with Crippen molar-refractivity contribution in [2.75, 3.05) is 34.9 Å². The van der Waals surface area contributed by atoms with E-state index < -0.39 is 121 Å².